The molecule has 0 aliphatic carbocycles. The summed E-state index contributed by atoms with van der Waals surface area (Å²) in [6.45, 7) is 1.35. The van der Waals surface area contributed by atoms with E-state index >= 15 is 0 Å². The number of hydrogen-bond acceptors (Lipinski definition) is 2. The minimum absolute atomic E-state index is 0.249. The van der Waals surface area contributed by atoms with E-state index < -0.39 is 17.6 Å². The van der Waals surface area contributed by atoms with Crippen molar-refractivity contribution in [2.45, 2.75) is 13.1 Å². The second kappa shape index (κ2) is 8.59. The van der Waals surface area contributed by atoms with Crippen molar-refractivity contribution in [2.75, 3.05) is 10.6 Å². The third kappa shape index (κ3) is 4.99. The minimum Gasteiger partial charge on any atom is -0.325 e. The number of rotatable bonds is 4. The van der Waals surface area contributed by atoms with E-state index in [0.29, 0.717) is 28.1 Å². The quantitative estimate of drug-likeness (QED) is 0.513. The lowest BCUT2D eigenvalue weighted by Gasteiger charge is -2.13. The Hall–Kier alpha value is -3.32. The Kier molecular flexibility index (Phi) is 6.12. The number of hydrogen-bond donors (Lipinski definition) is 2. The number of halogens is 4. The predicted octanol–water partition coefficient (Wildman–Crippen LogP) is 6.24. The molecule has 4 nitrogen and oxygen atoms in total. The van der Waals surface area contributed by atoms with Crippen LogP contribution in [0.15, 0.2) is 66.7 Å². The van der Waals surface area contributed by atoms with Crippen molar-refractivity contribution in [3.63, 3.8) is 0 Å². The molecule has 3 aromatic rings. The first kappa shape index (κ1) is 21.4. The molecule has 0 atom stereocenters. The zero-order valence-electron chi connectivity index (χ0n) is 15.7. The maximum Gasteiger partial charge on any atom is 0.416 e. The van der Waals surface area contributed by atoms with Gasteiger partial charge in [0, 0.05) is 18.2 Å². The van der Waals surface area contributed by atoms with Crippen molar-refractivity contribution in [3.05, 3.63) is 82.9 Å². The molecular formula is C22H16ClF3N2O2. The van der Waals surface area contributed by atoms with E-state index in [4.69, 9.17) is 11.6 Å². The lowest BCUT2D eigenvalue weighted by Crippen LogP contribution is -2.13. The topological polar surface area (TPSA) is 58.2 Å². The molecule has 30 heavy (non-hydrogen) atoms. The third-order valence-electron chi connectivity index (χ3n) is 4.23. The van der Waals surface area contributed by atoms with Crippen LogP contribution in [-0.4, -0.2) is 11.8 Å². The number of carbonyl (C=O) groups excluding carboxylic acids is 2. The smallest absolute Gasteiger partial charge is 0.325 e. The standard InChI is InChI=1S/C22H16ClF3N2O2/c1-13(29)27-20-11-10-16(12-19(20)23)28-21(30)18-5-3-2-4-17(18)14-6-8-15(9-7-14)22(24,25)26/h2-12H,1H3,(H,27,29)(H,28,30). The molecule has 0 heterocycles. The second-order valence-corrected chi connectivity index (χ2v) is 6.86. The van der Waals surface area contributed by atoms with E-state index in [1.54, 1.807) is 36.4 Å². The highest BCUT2D eigenvalue weighted by Crippen LogP contribution is 2.32. The van der Waals surface area contributed by atoms with Crippen molar-refractivity contribution >= 4 is 34.8 Å². The monoisotopic (exact) mass is 432 g/mol. The van der Waals surface area contributed by atoms with E-state index in [-0.39, 0.29) is 10.9 Å². The van der Waals surface area contributed by atoms with Gasteiger partial charge in [0.1, 0.15) is 0 Å². The van der Waals surface area contributed by atoms with E-state index in [1.165, 1.54) is 25.1 Å². The Balaban J connectivity index is 1.86. The molecule has 0 aliphatic heterocycles. The first-order valence-electron chi connectivity index (χ1n) is 8.80. The summed E-state index contributed by atoms with van der Waals surface area (Å²) in [5.74, 6) is -0.729. The van der Waals surface area contributed by atoms with Crippen LogP contribution in [0.1, 0.15) is 22.8 Å². The third-order valence-corrected chi connectivity index (χ3v) is 4.55. The Labute approximate surface area is 175 Å². The van der Waals surface area contributed by atoms with Crippen LogP contribution in [0.25, 0.3) is 11.1 Å². The molecule has 0 saturated heterocycles. The summed E-state index contributed by atoms with van der Waals surface area (Å²) in [4.78, 5) is 24.0. The van der Waals surface area contributed by atoms with Gasteiger partial charge in [0.05, 0.1) is 16.3 Å². The Bertz CT molecular complexity index is 1100. The van der Waals surface area contributed by atoms with Gasteiger partial charge in [0.2, 0.25) is 5.91 Å². The fourth-order valence-corrected chi connectivity index (χ4v) is 3.08. The van der Waals surface area contributed by atoms with Gasteiger partial charge in [-0.05, 0) is 47.5 Å². The van der Waals surface area contributed by atoms with Gasteiger partial charge in [-0.25, -0.2) is 0 Å². The summed E-state index contributed by atoms with van der Waals surface area (Å²) in [6, 6.07) is 15.8. The number of nitrogens with one attached hydrogen (secondary N) is 2. The van der Waals surface area contributed by atoms with Crippen LogP contribution >= 0.6 is 11.6 Å². The van der Waals surface area contributed by atoms with Crippen LogP contribution in [0.3, 0.4) is 0 Å². The second-order valence-electron chi connectivity index (χ2n) is 6.45. The summed E-state index contributed by atoms with van der Waals surface area (Å²) in [6.07, 6.45) is -4.43. The first-order valence-corrected chi connectivity index (χ1v) is 9.18. The SMILES string of the molecule is CC(=O)Nc1ccc(NC(=O)c2ccccc2-c2ccc(C(F)(F)F)cc2)cc1Cl. The Morgan fingerprint density at radius 2 is 1.57 bits per heavy atom. The predicted molar refractivity (Wildman–Crippen MR) is 111 cm³/mol. The van der Waals surface area contributed by atoms with Gasteiger partial charge in [0.15, 0.2) is 0 Å². The van der Waals surface area contributed by atoms with Gasteiger partial charge < -0.3 is 10.6 Å². The number of anilines is 2. The van der Waals surface area contributed by atoms with Crippen LogP contribution in [0, 0.1) is 0 Å². The molecule has 3 rings (SSSR count). The van der Waals surface area contributed by atoms with Gasteiger partial charge in [-0.2, -0.15) is 13.2 Å². The lowest BCUT2D eigenvalue weighted by atomic mass is 9.98. The zero-order valence-corrected chi connectivity index (χ0v) is 16.4. The van der Waals surface area contributed by atoms with E-state index in [9.17, 15) is 22.8 Å². The summed E-state index contributed by atoms with van der Waals surface area (Å²) in [5, 5.41) is 5.53. The van der Waals surface area contributed by atoms with Crippen molar-refractivity contribution in [2.24, 2.45) is 0 Å². The van der Waals surface area contributed by atoms with Gasteiger partial charge in [-0.1, -0.05) is 41.9 Å². The van der Waals surface area contributed by atoms with Gasteiger partial charge in [0.25, 0.3) is 5.91 Å². The Morgan fingerprint density at radius 1 is 0.900 bits per heavy atom. The molecule has 0 aliphatic rings. The maximum absolute atomic E-state index is 12.8. The molecule has 3 aromatic carbocycles. The average molecular weight is 433 g/mol. The van der Waals surface area contributed by atoms with Crippen LogP contribution in [0.4, 0.5) is 24.5 Å². The van der Waals surface area contributed by atoms with Gasteiger partial charge >= 0.3 is 6.18 Å². The van der Waals surface area contributed by atoms with Crippen molar-refractivity contribution in [3.8, 4) is 11.1 Å². The molecule has 154 valence electrons. The van der Waals surface area contributed by atoms with Crippen molar-refractivity contribution in [1.29, 1.82) is 0 Å². The molecule has 0 spiro atoms. The van der Waals surface area contributed by atoms with Gasteiger partial charge in [-0.3, -0.25) is 9.59 Å². The summed E-state index contributed by atoms with van der Waals surface area (Å²) in [5.41, 5.74) is 1.31. The van der Waals surface area contributed by atoms with Crippen LogP contribution < -0.4 is 10.6 Å². The fraction of sp³-hybridized carbons (Fsp3) is 0.0909. The molecule has 0 bridgehead atoms. The van der Waals surface area contributed by atoms with E-state index in [2.05, 4.69) is 10.6 Å². The zero-order chi connectivity index (χ0) is 21.9. The molecule has 0 aromatic heterocycles. The molecule has 2 amide bonds. The number of amides is 2. The normalized spacial score (nSPS) is 11.1. The highest BCUT2D eigenvalue weighted by molar-refractivity contribution is 6.34. The number of carbonyl (C=O) groups is 2. The molecule has 0 fully saturated rings. The molecule has 0 unspecified atom stereocenters. The number of benzene rings is 3. The first-order chi connectivity index (χ1) is 14.1. The van der Waals surface area contributed by atoms with Crippen molar-refractivity contribution in [1.82, 2.24) is 0 Å². The summed E-state index contributed by atoms with van der Waals surface area (Å²) < 4.78 is 38.4. The fourth-order valence-electron chi connectivity index (χ4n) is 2.85. The largest absolute Gasteiger partial charge is 0.416 e. The van der Waals surface area contributed by atoms with Crippen molar-refractivity contribution < 1.29 is 22.8 Å². The molecule has 2 N–H and O–H groups in total. The highest BCUT2D eigenvalue weighted by Gasteiger charge is 2.30. The highest BCUT2D eigenvalue weighted by atomic mass is 35.5. The van der Waals surface area contributed by atoms with Crippen LogP contribution in [0.5, 0.6) is 0 Å². The molecule has 0 saturated carbocycles. The Morgan fingerprint density at radius 3 is 2.17 bits per heavy atom. The molecular weight excluding hydrogens is 417 g/mol. The van der Waals surface area contributed by atoms with E-state index in [1.807, 2.05) is 0 Å². The molecule has 0 radical (unpaired) electrons. The maximum atomic E-state index is 12.8. The number of alkyl halides is 3. The van der Waals surface area contributed by atoms with Gasteiger partial charge in [-0.15, -0.1) is 0 Å². The summed E-state index contributed by atoms with van der Waals surface area (Å²) >= 11 is 6.12. The van der Waals surface area contributed by atoms with Crippen LogP contribution in [0.2, 0.25) is 5.02 Å². The average Bonchev–Trinajstić information content (AvgIpc) is 2.69. The minimum atomic E-state index is -4.43. The van der Waals surface area contributed by atoms with Crippen LogP contribution in [-0.2, 0) is 11.0 Å². The summed E-state index contributed by atoms with van der Waals surface area (Å²) in [7, 11) is 0. The lowest BCUT2D eigenvalue weighted by molar-refractivity contribution is -0.137. The van der Waals surface area contributed by atoms with E-state index in [0.717, 1.165) is 12.1 Å². The molecule has 8 heteroatoms.